The second-order valence-corrected chi connectivity index (χ2v) is 5.46. The summed E-state index contributed by atoms with van der Waals surface area (Å²) in [4.78, 5) is 23.9. The van der Waals surface area contributed by atoms with Crippen LogP contribution in [0, 0.1) is 0 Å². The first-order valence-corrected chi connectivity index (χ1v) is 7.50. The number of hydrogen-bond acceptors (Lipinski definition) is 4. The Morgan fingerprint density at radius 3 is 2.58 bits per heavy atom. The van der Waals surface area contributed by atoms with Crippen molar-refractivity contribution in [3.8, 4) is 17.1 Å². The maximum atomic E-state index is 12.5. The van der Waals surface area contributed by atoms with Gasteiger partial charge < -0.3 is 14.7 Å². The van der Waals surface area contributed by atoms with Crippen molar-refractivity contribution in [3.63, 3.8) is 0 Å². The summed E-state index contributed by atoms with van der Waals surface area (Å²) in [7, 11) is 0. The summed E-state index contributed by atoms with van der Waals surface area (Å²) >= 11 is 0. The van der Waals surface area contributed by atoms with Crippen LogP contribution in [-0.2, 0) is 6.54 Å². The number of H-pyrrole nitrogens is 1. The maximum Gasteiger partial charge on any atom is 0.277 e. The van der Waals surface area contributed by atoms with Crippen LogP contribution in [0.4, 0.5) is 0 Å². The molecule has 0 saturated carbocycles. The fourth-order valence-corrected chi connectivity index (χ4v) is 2.69. The van der Waals surface area contributed by atoms with Crippen LogP contribution in [0.1, 0.15) is 5.56 Å². The minimum Gasteiger partial charge on any atom is -0.507 e. The number of para-hydroxylation sites is 1. The number of aromatic hydroxyl groups is 1. The number of fused-ring (bicyclic) bond motifs is 1. The highest BCUT2D eigenvalue weighted by atomic mass is 16.3. The van der Waals surface area contributed by atoms with Gasteiger partial charge in [0.05, 0.1) is 11.9 Å². The third-order valence-electron chi connectivity index (χ3n) is 3.84. The average Bonchev–Trinajstić information content (AvgIpc) is 2.99. The smallest absolute Gasteiger partial charge is 0.277 e. The van der Waals surface area contributed by atoms with Crippen LogP contribution in [0.15, 0.2) is 65.7 Å². The van der Waals surface area contributed by atoms with Gasteiger partial charge in [0, 0.05) is 6.54 Å². The van der Waals surface area contributed by atoms with Gasteiger partial charge in [-0.05, 0) is 17.7 Å². The van der Waals surface area contributed by atoms with Crippen molar-refractivity contribution in [1.82, 2.24) is 19.5 Å². The first kappa shape index (κ1) is 14.2. The summed E-state index contributed by atoms with van der Waals surface area (Å²) in [6.45, 7) is 0.540. The molecule has 0 fully saturated rings. The number of nitrogens with zero attached hydrogens (tertiary/aromatic N) is 3. The zero-order valence-corrected chi connectivity index (χ0v) is 12.7. The molecule has 6 heteroatoms. The predicted octanol–water partition coefficient (Wildman–Crippen LogP) is 2.54. The van der Waals surface area contributed by atoms with E-state index in [1.54, 1.807) is 35.2 Å². The number of phenolic OH excluding ortho intramolecular Hbond substituents is 1. The third-order valence-corrected chi connectivity index (χ3v) is 3.84. The molecule has 118 valence electrons. The number of rotatable bonds is 3. The van der Waals surface area contributed by atoms with Gasteiger partial charge in [-0.2, -0.15) is 0 Å². The third kappa shape index (κ3) is 2.44. The first-order chi connectivity index (χ1) is 11.7. The van der Waals surface area contributed by atoms with Crippen molar-refractivity contribution in [2.24, 2.45) is 0 Å². The first-order valence-electron chi connectivity index (χ1n) is 7.50. The van der Waals surface area contributed by atoms with E-state index < -0.39 is 0 Å². The number of imidazole rings is 1. The number of aromatic amines is 1. The van der Waals surface area contributed by atoms with Gasteiger partial charge in [-0.3, -0.25) is 4.79 Å². The number of phenols is 1. The fraction of sp³-hybridized carbons (Fsp3) is 0.0556. The van der Waals surface area contributed by atoms with E-state index in [4.69, 9.17) is 0 Å². The molecule has 2 heterocycles. The van der Waals surface area contributed by atoms with Gasteiger partial charge in [-0.25, -0.2) is 9.97 Å². The highest BCUT2D eigenvalue weighted by Crippen LogP contribution is 2.25. The number of hydrogen-bond donors (Lipinski definition) is 2. The van der Waals surface area contributed by atoms with Gasteiger partial charge in [-0.1, -0.05) is 42.5 Å². The Kier molecular flexibility index (Phi) is 3.35. The molecule has 2 aromatic carbocycles. The molecule has 4 aromatic rings. The Morgan fingerprint density at radius 2 is 1.79 bits per heavy atom. The van der Waals surface area contributed by atoms with Crippen molar-refractivity contribution in [2.45, 2.75) is 6.54 Å². The number of aromatic nitrogens is 4. The molecule has 2 N–H and O–H groups in total. The zero-order valence-electron chi connectivity index (χ0n) is 12.7. The van der Waals surface area contributed by atoms with Gasteiger partial charge in [-0.15, -0.1) is 0 Å². The second kappa shape index (κ2) is 5.66. The molecule has 24 heavy (non-hydrogen) atoms. The van der Waals surface area contributed by atoms with E-state index in [1.165, 1.54) is 0 Å². The summed E-state index contributed by atoms with van der Waals surface area (Å²) in [5.41, 5.74) is 2.02. The molecule has 0 aliphatic rings. The van der Waals surface area contributed by atoms with Gasteiger partial charge in [0.1, 0.15) is 11.6 Å². The van der Waals surface area contributed by atoms with Gasteiger partial charge in [0.2, 0.25) is 0 Å². The molecular formula is C18H14N4O2. The van der Waals surface area contributed by atoms with Crippen LogP contribution in [0.25, 0.3) is 22.6 Å². The van der Waals surface area contributed by atoms with Crippen LogP contribution < -0.4 is 5.56 Å². The van der Waals surface area contributed by atoms with E-state index in [9.17, 15) is 9.90 Å². The monoisotopic (exact) mass is 318 g/mol. The van der Waals surface area contributed by atoms with Crippen LogP contribution in [0.2, 0.25) is 0 Å². The molecule has 0 amide bonds. The Bertz CT molecular complexity index is 1070. The highest BCUT2D eigenvalue weighted by Gasteiger charge is 2.13. The summed E-state index contributed by atoms with van der Waals surface area (Å²) < 4.78 is 1.77. The number of nitrogens with one attached hydrogen (secondary N) is 1. The number of benzene rings is 2. The molecule has 2 aromatic heterocycles. The Hall–Kier alpha value is -3.41. The summed E-state index contributed by atoms with van der Waals surface area (Å²) in [5.74, 6) is 0.360. The zero-order chi connectivity index (χ0) is 16.5. The van der Waals surface area contributed by atoms with Gasteiger partial charge in [0.15, 0.2) is 11.2 Å². The van der Waals surface area contributed by atoms with E-state index in [2.05, 4.69) is 15.0 Å². The molecule has 0 saturated heterocycles. The fourth-order valence-electron chi connectivity index (χ4n) is 2.69. The largest absolute Gasteiger partial charge is 0.507 e. The summed E-state index contributed by atoms with van der Waals surface area (Å²) in [5, 5.41) is 9.94. The predicted molar refractivity (Wildman–Crippen MR) is 90.8 cm³/mol. The molecular weight excluding hydrogens is 304 g/mol. The van der Waals surface area contributed by atoms with E-state index >= 15 is 0 Å². The highest BCUT2D eigenvalue weighted by molar-refractivity contribution is 5.74. The molecule has 6 nitrogen and oxygen atoms in total. The Balaban J connectivity index is 1.82. The molecule has 0 aliphatic heterocycles. The van der Waals surface area contributed by atoms with E-state index in [-0.39, 0.29) is 11.3 Å². The SMILES string of the molecule is O=c1[nH]c(-c2ccccc2O)nc2ncn(Cc3ccccc3)c12. The molecule has 0 spiro atoms. The second-order valence-electron chi connectivity index (χ2n) is 5.46. The molecule has 0 bridgehead atoms. The van der Waals surface area contributed by atoms with Crippen LogP contribution in [-0.4, -0.2) is 24.6 Å². The summed E-state index contributed by atoms with van der Waals surface area (Å²) in [6.07, 6.45) is 1.61. The lowest BCUT2D eigenvalue weighted by molar-refractivity contribution is 0.477. The topological polar surface area (TPSA) is 83.8 Å². The van der Waals surface area contributed by atoms with Crippen molar-refractivity contribution < 1.29 is 5.11 Å². The van der Waals surface area contributed by atoms with E-state index in [1.807, 2.05) is 30.3 Å². The lowest BCUT2D eigenvalue weighted by atomic mass is 10.2. The van der Waals surface area contributed by atoms with Crippen molar-refractivity contribution in [2.75, 3.05) is 0 Å². The quantitative estimate of drug-likeness (QED) is 0.608. The van der Waals surface area contributed by atoms with Crippen molar-refractivity contribution >= 4 is 11.2 Å². The lowest BCUT2D eigenvalue weighted by Gasteiger charge is -2.05. The molecule has 4 rings (SSSR count). The molecule has 0 aliphatic carbocycles. The maximum absolute atomic E-state index is 12.5. The Morgan fingerprint density at radius 1 is 1.04 bits per heavy atom. The van der Waals surface area contributed by atoms with Gasteiger partial charge >= 0.3 is 0 Å². The van der Waals surface area contributed by atoms with Crippen molar-refractivity contribution in [3.05, 3.63) is 76.8 Å². The van der Waals surface area contributed by atoms with E-state index in [0.29, 0.717) is 29.1 Å². The lowest BCUT2D eigenvalue weighted by Crippen LogP contribution is -2.13. The molecule has 0 unspecified atom stereocenters. The average molecular weight is 318 g/mol. The normalized spacial score (nSPS) is 11.0. The minimum atomic E-state index is -0.285. The van der Waals surface area contributed by atoms with E-state index in [0.717, 1.165) is 5.56 Å². The Labute approximate surface area is 137 Å². The van der Waals surface area contributed by atoms with Crippen molar-refractivity contribution in [1.29, 1.82) is 0 Å². The standard InChI is InChI=1S/C18H14N4O2/c23-14-9-5-4-8-13(14)16-20-17-15(18(24)21-16)22(11-19-17)10-12-6-2-1-3-7-12/h1-9,11,23H,10H2,(H,20,21,24). The van der Waals surface area contributed by atoms with Gasteiger partial charge in [0.25, 0.3) is 5.56 Å². The van der Waals surface area contributed by atoms with Crippen LogP contribution in [0.5, 0.6) is 5.75 Å². The molecule has 0 atom stereocenters. The minimum absolute atomic E-state index is 0.0590. The van der Waals surface area contributed by atoms with Crippen LogP contribution in [0.3, 0.4) is 0 Å². The van der Waals surface area contributed by atoms with Crippen LogP contribution >= 0.6 is 0 Å². The molecule has 0 radical (unpaired) electrons. The summed E-state index contributed by atoms with van der Waals surface area (Å²) in [6, 6.07) is 16.6.